The van der Waals surface area contributed by atoms with Gasteiger partial charge in [-0.3, -0.25) is 0 Å². The summed E-state index contributed by atoms with van der Waals surface area (Å²) in [5, 5.41) is 1.92. The second-order valence-electron chi connectivity index (χ2n) is 8.94. The van der Waals surface area contributed by atoms with Gasteiger partial charge >= 0.3 is 6.18 Å². The molecule has 2 aromatic rings. The fourth-order valence-corrected chi connectivity index (χ4v) is 4.58. The predicted octanol–water partition coefficient (Wildman–Crippen LogP) is 6.35. The molecule has 1 aromatic carbocycles. The summed E-state index contributed by atoms with van der Waals surface area (Å²) < 4.78 is 50.8. The van der Waals surface area contributed by atoms with Crippen LogP contribution in [-0.4, -0.2) is 34.8 Å². The topological polar surface area (TPSA) is 43.8 Å². The SMILES string of the molecule is CCCCOc1cc(C)ccc1O[C@H]1C[C@H]2CCC[C@@H](C1)N2Oc1ccc(C(F)(F)F)cn1. The maximum atomic E-state index is 12.8. The van der Waals surface area contributed by atoms with Gasteiger partial charge in [-0.15, -0.1) is 5.06 Å². The number of benzene rings is 1. The number of hydrogen-bond donors (Lipinski definition) is 0. The Labute approximate surface area is 192 Å². The molecular weight excluding hydrogens is 433 g/mol. The number of piperidine rings is 2. The summed E-state index contributed by atoms with van der Waals surface area (Å²) in [4.78, 5) is 9.85. The molecule has 0 radical (unpaired) electrons. The monoisotopic (exact) mass is 464 g/mol. The summed E-state index contributed by atoms with van der Waals surface area (Å²) in [6, 6.07) is 8.56. The number of hydroxylamine groups is 2. The van der Waals surface area contributed by atoms with Crippen LogP contribution in [0.25, 0.3) is 0 Å². The van der Waals surface area contributed by atoms with Crippen LogP contribution < -0.4 is 14.3 Å². The first-order chi connectivity index (χ1) is 15.8. The van der Waals surface area contributed by atoms with E-state index in [-0.39, 0.29) is 24.1 Å². The van der Waals surface area contributed by atoms with Gasteiger partial charge in [0, 0.05) is 37.2 Å². The number of fused-ring (bicyclic) bond motifs is 2. The quantitative estimate of drug-likeness (QED) is 0.426. The highest BCUT2D eigenvalue weighted by atomic mass is 19.4. The molecule has 2 saturated heterocycles. The molecule has 0 N–H and O–H groups in total. The fourth-order valence-electron chi connectivity index (χ4n) is 4.58. The summed E-state index contributed by atoms with van der Waals surface area (Å²) in [5.74, 6) is 1.73. The van der Waals surface area contributed by atoms with Crippen LogP contribution in [0, 0.1) is 6.92 Å². The molecule has 180 valence electrons. The van der Waals surface area contributed by atoms with E-state index < -0.39 is 11.7 Å². The average Bonchev–Trinajstić information content (AvgIpc) is 2.76. The fraction of sp³-hybridized carbons (Fsp3) is 0.560. The normalized spacial score (nSPS) is 23.2. The minimum atomic E-state index is -4.41. The lowest BCUT2D eigenvalue weighted by Gasteiger charge is -2.46. The molecule has 33 heavy (non-hydrogen) atoms. The maximum Gasteiger partial charge on any atom is 0.417 e. The Bertz CT molecular complexity index is 906. The molecule has 8 heteroatoms. The summed E-state index contributed by atoms with van der Waals surface area (Å²) in [7, 11) is 0. The molecule has 5 nitrogen and oxygen atoms in total. The van der Waals surface area contributed by atoms with Crippen LogP contribution in [0.15, 0.2) is 36.5 Å². The van der Waals surface area contributed by atoms with Gasteiger partial charge in [0.25, 0.3) is 0 Å². The van der Waals surface area contributed by atoms with Gasteiger partial charge in [0.2, 0.25) is 5.88 Å². The average molecular weight is 465 g/mol. The molecule has 2 bridgehead atoms. The first-order valence-electron chi connectivity index (χ1n) is 11.7. The molecule has 3 atom stereocenters. The predicted molar refractivity (Wildman–Crippen MR) is 118 cm³/mol. The number of unbranched alkanes of at least 4 members (excludes halogenated alkanes) is 1. The summed E-state index contributed by atoms with van der Waals surface area (Å²) in [6.45, 7) is 4.83. The van der Waals surface area contributed by atoms with E-state index in [1.807, 2.05) is 30.2 Å². The molecule has 0 spiro atoms. The largest absolute Gasteiger partial charge is 0.490 e. The molecule has 0 aliphatic carbocycles. The Kier molecular flexibility index (Phi) is 7.32. The molecule has 0 amide bonds. The summed E-state index contributed by atoms with van der Waals surface area (Å²) in [6.07, 6.45) is 3.04. The lowest BCUT2D eigenvalue weighted by Crippen LogP contribution is -2.55. The Hall–Kier alpha value is -2.48. The van der Waals surface area contributed by atoms with Crippen molar-refractivity contribution in [3.63, 3.8) is 0 Å². The van der Waals surface area contributed by atoms with Crippen molar-refractivity contribution in [3.05, 3.63) is 47.7 Å². The number of pyridine rings is 1. The third kappa shape index (κ3) is 5.91. The number of nitrogens with zero attached hydrogens (tertiary/aromatic N) is 2. The second-order valence-corrected chi connectivity index (χ2v) is 8.94. The third-order valence-electron chi connectivity index (χ3n) is 6.28. The van der Waals surface area contributed by atoms with Crippen molar-refractivity contribution in [1.82, 2.24) is 10.0 Å². The van der Waals surface area contributed by atoms with Gasteiger partial charge in [-0.05, 0) is 49.9 Å². The third-order valence-corrected chi connectivity index (χ3v) is 6.28. The van der Waals surface area contributed by atoms with Crippen molar-refractivity contribution >= 4 is 0 Å². The molecule has 4 rings (SSSR count). The number of aromatic nitrogens is 1. The van der Waals surface area contributed by atoms with Crippen molar-refractivity contribution in [3.8, 4) is 17.4 Å². The number of halogens is 3. The van der Waals surface area contributed by atoms with E-state index in [1.54, 1.807) is 0 Å². The van der Waals surface area contributed by atoms with Crippen LogP contribution in [0.1, 0.15) is 63.0 Å². The highest BCUT2D eigenvalue weighted by molar-refractivity contribution is 5.42. The zero-order chi connectivity index (χ0) is 23.4. The standard InChI is InChI=1S/C25H31F3N2O3/c1-3-4-12-31-23-13-17(2)8-10-22(23)32-21-14-19-6-5-7-20(15-21)30(19)33-24-11-9-18(16-29-24)25(26,27)28/h8-11,13,16,19-21H,3-7,12,14-15H2,1-2H3/t19-,20+,21+. The number of ether oxygens (including phenoxy) is 2. The van der Waals surface area contributed by atoms with Crippen molar-refractivity contribution in [2.45, 2.75) is 83.2 Å². The van der Waals surface area contributed by atoms with Crippen molar-refractivity contribution in [1.29, 1.82) is 0 Å². The van der Waals surface area contributed by atoms with Gasteiger partial charge in [-0.1, -0.05) is 25.8 Å². The van der Waals surface area contributed by atoms with Crippen molar-refractivity contribution in [2.24, 2.45) is 0 Å². The van der Waals surface area contributed by atoms with Gasteiger partial charge in [0.05, 0.1) is 12.2 Å². The highest BCUT2D eigenvalue weighted by Gasteiger charge is 2.41. The second kappa shape index (κ2) is 10.2. The van der Waals surface area contributed by atoms with Crippen LogP contribution in [0.3, 0.4) is 0 Å². The Morgan fingerprint density at radius 2 is 1.82 bits per heavy atom. The van der Waals surface area contributed by atoms with Gasteiger partial charge in [-0.2, -0.15) is 13.2 Å². The highest BCUT2D eigenvalue weighted by Crippen LogP contribution is 2.38. The lowest BCUT2D eigenvalue weighted by molar-refractivity contribution is -0.185. The zero-order valence-corrected chi connectivity index (χ0v) is 19.1. The zero-order valence-electron chi connectivity index (χ0n) is 19.1. The molecule has 0 unspecified atom stereocenters. The van der Waals surface area contributed by atoms with E-state index in [0.717, 1.165) is 74.3 Å². The first kappa shape index (κ1) is 23.7. The number of hydrogen-bond acceptors (Lipinski definition) is 5. The number of alkyl halides is 3. The van der Waals surface area contributed by atoms with Crippen LogP contribution >= 0.6 is 0 Å². The number of rotatable bonds is 8. The molecule has 1 aromatic heterocycles. The smallest absolute Gasteiger partial charge is 0.417 e. The summed E-state index contributed by atoms with van der Waals surface area (Å²) >= 11 is 0. The maximum absolute atomic E-state index is 12.8. The minimum absolute atomic E-state index is 0.0249. The van der Waals surface area contributed by atoms with E-state index in [0.29, 0.717) is 6.61 Å². The molecule has 2 aliphatic rings. The molecule has 2 aliphatic heterocycles. The molecular formula is C25H31F3N2O3. The molecule has 0 saturated carbocycles. The number of aryl methyl sites for hydroxylation is 1. The molecule has 2 fully saturated rings. The van der Waals surface area contributed by atoms with E-state index >= 15 is 0 Å². The van der Waals surface area contributed by atoms with E-state index in [9.17, 15) is 13.2 Å². The Balaban J connectivity index is 1.41. The Morgan fingerprint density at radius 3 is 2.45 bits per heavy atom. The van der Waals surface area contributed by atoms with Crippen LogP contribution in [-0.2, 0) is 6.18 Å². The van der Waals surface area contributed by atoms with Crippen molar-refractivity contribution in [2.75, 3.05) is 6.61 Å². The first-order valence-corrected chi connectivity index (χ1v) is 11.7. The van der Waals surface area contributed by atoms with E-state index in [4.69, 9.17) is 14.3 Å². The molecule has 3 heterocycles. The lowest BCUT2D eigenvalue weighted by atomic mass is 9.84. The van der Waals surface area contributed by atoms with Crippen molar-refractivity contribution < 1.29 is 27.5 Å². The van der Waals surface area contributed by atoms with Gasteiger partial charge in [0.1, 0.15) is 6.10 Å². The Morgan fingerprint density at radius 1 is 1.06 bits per heavy atom. The van der Waals surface area contributed by atoms with Gasteiger partial charge in [0.15, 0.2) is 11.5 Å². The van der Waals surface area contributed by atoms with Gasteiger partial charge in [-0.25, -0.2) is 4.98 Å². The summed E-state index contributed by atoms with van der Waals surface area (Å²) in [5.41, 5.74) is 0.343. The minimum Gasteiger partial charge on any atom is -0.490 e. The van der Waals surface area contributed by atoms with E-state index in [1.165, 1.54) is 6.07 Å². The van der Waals surface area contributed by atoms with Crippen LogP contribution in [0.2, 0.25) is 0 Å². The van der Waals surface area contributed by atoms with Gasteiger partial charge < -0.3 is 14.3 Å². The van der Waals surface area contributed by atoms with Crippen LogP contribution in [0.4, 0.5) is 13.2 Å². The van der Waals surface area contributed by atoms with E-state index in [2.05, 4.69) is 11.9 Å². The van der Waals surface area contributed by atoms with Crippen LogP contribution in [0.5, 0.6) is 17.4 Å².